The van der Waals surface area contributed by atoms with E-state index in [1.807, 2.05) is 0 Å². The fourth-order valence-corrected chi connectivity index (χ4v) is 3.45. The maximum Gasteiger partial charge on any atom is 0.282 e. The van der Waals surface area contributed by atoms with Crippen LogP contribution in [-0.4, -0.2) is 65.9 Å². The van der Waals surface area contributed by atoms with Gasteiger partial charge in [-0.15, -0.1) is 12.4 Å². The van der Waals surface area contributed by atoms with Crippen LogP contribution in [0, 0.1) is 10.1 Å². The Bertz CT molecular complexity index is 623. The predicted octanol–water partition coefficient (Wildman–Crippen LogP) is 1.79. The smallest absolute Gasteiger partial charge is 0.282 e. The number of hydrogen-bond donors (Lipinski definition) is 1. The molecule has 2 heterocycles. The molecule has 1 aromatic carbocycles. The number of nitro benzene ring substituents is 1. The lowest BCUT2D eigenvalue weighted by Crippen LogP contribution is -2.49. The fraction of sp³-hybridized carbons (Fsp3) is 0.533. The average molecular weight is 375 g/mol. The first kappa shape index (κ1) is 18.9. The molecule has 0 saturated carbocycles. The van der Waals surface area contributed by atoms with Crippen molar-refractivity contribution in [1.82, 2.24) is 15.1 Å². The van der Waals surface area contributed by atoms with E-state index in [1.165, 1.54) is 18.2 Å². The molecule has 0 bridgehead atoms. The third-order valence-corrected chi connectivity index (χ3v) is 4.74. The Morgan fingerprint density at radius 1 is 1.29 bits per heavy atom. The van der Waals surface area contributed by atoms with Gasteiger partial charge >= 0.3 is 0 Å². The molecular formula is C15H20Cl2N4O3. The highest BCUT2D eigenvalue weighted by Gasteiger charge is 2.33. The first-order valence-electron chi connectivity index (χ1n) is 7.74. The molecule has 0 radical (unpaired) electrons. The maximum atomic E-state index is 12.7. The minimum absolute atomic E-state index is 0. The summed E-state index contributed by atoms with van der Waals surface area (Å²) in [5.74, 6) is -0.308. The van der Waals surface area contributed by atoms with Gasteiger partial charge in [0, 0.05) is 56.4 Å². The van der Waals surface area contributed by atoms with Crippen molar-refractivity contribution in [1.29, 1.82) is 0 Å². The molecule has 2 aliphatic rings. The molecule has 3 rings (SSSR count). The van der Waals surface area contributed by atoms with Crippen LogP contribution in [0.1, 0.15) is 16.8 Å². The van der Waals surface area contributed by atoms with Crippen LogP contribution in [0.15, 0.2) is 18.2 Å². The summed E-state index contributed by atoms with van der Waals surface area (Å²) in [5, 5.41) is 14.8. The Morgan fingerprint density at radius 2 is 2.00 bits per heavy atom. The summed E-state index contributed by atoms with van der Waals surface area (Å²) >= 11 is 5.91. The molecule has 7 nitrogen and oxygen atoms in total. The van der Waals surface area contributed by atoms with Gasteiger partial charge in [0.05, 0.1) is 4.92 Å². The third-order valence-electron chi connectivity index (χ3n) is 4.50. The molecule has 1 atom stereocenters. The van der Waals surface area contributed by atoms with E-state index in [-0.39, 0.29) is 29.6 Å². The van der Waals surface area contributed by atoms with Gasteiger partial charge < -0.3 is 10.2 Å². The highest BCUT2D eigenvalue weighted by molar-refractivity contribution is 6.31. The summed E-state index contributed by atoms with van der Waals surface area (Å²) < 4.78 is 0. The molecule has 24 heavy (non-hydrogen) atoms. The molecule has 2 aliphatic heterocycles. The zero-order valence-electron chi connectivity index (χ0n) is 13.1. The van der Waals surface area contributed by atoms with E-state index in [4.69, 9.17) is 11.6 Å². The van der Waals surface area contributed by atoms with Crippen LogP contribution in [0.3, 0.4) is 0 Å². The lowest BCUT2D eigenvalue weighted by Gasteiger charge is -2.32. The lowest BCUT2D eigenvalue weighted by atomic mass is 10.1. The van der Waals surface area contributed by atoms with Gasteiger partial charge in [0.25, 0.3) is 11.6 Å². The number of nitro groups is 1. The number of nitrogens with one attached hydrogen (secondary N) is 1. The summed E-state index contributed by atoms with van der Waals surface area (Å²) in [6.45, 7) is 5.11. The van der Waals surface area contributed by atoms with Crippen LogP contribution in [0.25, 0.3) is 0 Å². The number of halogens is 2. The molecule has 9 heteroatoms. The van der Waals surface area contributed by atoms with Gasteiger partial charge in [-0.05, 0) is 18.6 Å². The highest BCUT2D eigenvalue weighted by atomic mass is 35.5. The number of amides is 1. The SMILES string of the molecule is Cl.O=C(c1cc(Cl)ccc1[N+](=O)[O-])N1CCC(N2CCNCC2)C1. The van der Waals surface area contributed by atoms with Crippen molar-refractivity contribution in [3.05, 3.63) is 38.9 Å². The predicted molar refractivity (Wildman–Crippen MR) is 94.1 cm³/mol. The molecule has 1 unspecified atom stereocenters. The molecule has 0 aliphatic carbocycles. The minimum atomic E-state index is -0.534. The van der Waals surface area contributed by atoms with Crippen molar-refractivity contribution in [3.63, 3.8) is 0 Å². The summed E-state index contributed by atoms with van der Waals surface area (Å²) in [4.78, 5) is 27.4. The van der Waals surface area contributed by atoms with Crippen molar-refractivity contribution in [2.45, 2.75) is 12.5 Å². The number of hydrogen-bond acceptors (Lipinski definition) is 5. The molecule has 1 amide bonds. The topological polar surface area (TPSA) is 78.7 Å². The first-order valence-corrected chi connectivity index (χ1v) is 8.12. The van der Waals surface area contributed by atoms with Gasteiger partial charge in [0.2, 0.25) is 0 Å². The van der Waals surface area contributed by atoms with Gasteiger partial charge in [-0.2, -0.15) is 0 Å². The van der Waals surface area contributed by atoms with Gasteiger partial charge in [-0.3, -0.25) is 19.8 Å². The Labute approximate surface area is 151 Å². The molecule has 1 N–H and O–H groups in total. The Hall–Kier alpha value is -1.41. The van der Waals surface area contributed by atoms with Gasteiger partial charge in [0.1, 0.15) is 5.56 Å². The summed E-state index contributed by atoms with van der Waals surface area (Å²) in [6, 6.07) is 4.45. The number of rotatable bonds is 3. The van der Waals surface area contributed by atoms with Crippen molar-refractivity contribution in [2.75, 3.05) is 39.3 Å². The number of carbonyl (C=O) groups is 1. The van der Waals surface area contributed by atoms with E-state index < -0.39 is 4.92 Å². The van der Waals surface area contributed by atoms with Crippen LogP contribution >= 0.6 is 24.0 Å². The van der Waals surface area contributed by atoms with Crippen LogP contribution in [0.2, 0.25) is 5.02 Å². The van der Waals surface area contributed by atoms with E-state index in [0.29, 0.717) is 24.2 Å². The summed E-state index contributed by atoms with van der Waals surface area (Å²) in [5.41, 5.74) is -0.117. The van der Waals surface area contributed by atoms with Crippen molar-refractivity contribution >= 4 is 35.6 Å². The standard InChI is InChI=1S/C15H19ClN4O3.ClH/c16-11-1-2-14(20(22)23)13(9-11)15(21)19-6-3-12(10-19)18-7-4-17-5-8-18;/h1-2,9,12,17H,3-8,10H2;1H. The minimum Gasteiger partial charge on any atom is -0.337 e. The fourth-order valence-electron chi connectivity index (χ4n) is 3.28. The number of piperazine rings is 1. The molecule has 2 saturated heterocycles. The Balaban J connectivity index is 0.00000208. The third kappa shape index (κ3) is 3.97. The highest BCUT2D eigenvalue weighted by Crippen LogP contribution is 2.26. The van der Waals surface area contributed by atoms with E-state index in [0.717, 1.165) is 32.6 Å². The van der Waals surface area contributed by atoms with Gasteiger partial charge in [-0.1, -0.05) is 11.6 Å². The number of likely N-dealkylation sites (tertiary alicyclic amines) is 1. The summed E-state index contributed by atoms with van der Waals surface area (Å²) in [6.07, 6.45) is 0.903. The van der Waals surface area contributed by atoms with E-state index in [1.54, 1.807) is 4.90 Å². The normalized spacial score (nSPS) is 21.4. The number of benzene rings is 1. The maximum absolute atomic E-state index is 12.7. The second-order valence-electron chi connectivity index (χ2n) is 5.90. The molecule has 1 aromatic rings. The Kier molecular flexibility index (Phi) is 6.40. The van der Waals surface area contributed by atoms with E-state index in [2.05, 4.69) is 10.2 Å². The lowest BCUT2D eigenvalue weighted by molar-refractivity contribution is -0.385. The molecule has 2 fully saturated rings. The quantitative estimate of drug-likeness (QED) is 0.644. The van der Waals surface area contributed by atoms with Crippen molar-refractivity contribution in [3.8, 4) is 0 Å². The summed E-state index contributed by atoms with van der Waals surface area (Å²) in [7, 11) is 0. The largest absolute Gasteiger partial charge is 0.337 e. The Morgan fingerprint density at radius 3 is 2.67 bits per heavy atom. The average Bonchev–Trinajstić information content (AvgIpc) is 3.04. The van der Waals surface area contributed by atoms with Gasteiger partial charge in [-0.25, -0.2) is 0 Å². The molecule has 0 aromatic heterocycles. The molecule has 132 valence electrons. The molecule has 0 spiro atoms. The van der Waals surface area contributed by atoms with Crippen LogP contribution in [-0.2, 0) is 0 Å². The van der Waals surface area contributed by atoms with E-state index in [9.17, 15) is 14.9 Å². The zero-order chi connectivity index (χ0) is 16.4. The van der Waals surface area contributed by atoms with Crippen LogP contribution in [0.4, 0.5) is 5.69 Å². The number of carbonyl (C=O) groups excluding carboxylic acids is 1. The second-order valence-corrected chi connectivity index (χ2v) is 6.33. The van der Waals surface area contributed by atoms with Gasteiger partial charge in [0.15, 0.2) is 0 Å². The zero-order valence-corrected chi connectivity index (χ0v) is 14.7. The van der Waals surface area contributed by atoms with Crippen molar-refractivity contribution < 1.29 is 9.72 Å². The van der Waals surface area contributed by atoms with Crippen LogP contribution < -0.4 is 5.32 Å². The van der Waals surface area contributed by atoms with Crippen LogP contribution in [0.5, 0.6) is 0 Å². The molecular weight excluding hydrogens is 355 g/mol. The van der Waals surface area contributed by atoms with E-state index >= 15 is 0 Å². The first-order chi connectivity index (χ1) is 11.1. The number of nitrogens with zero attached hydrogens (tertiary/aromatic N) is 3. The second kappa shape index (κ2) is 8.11. The van der Waals surface area contributed by atoms with Crippen molar-refractivity contribution in [2.24, 2.45) is 0 Å². The monoisotopic (exact) mass is 374 g/mol.